The number of anilines is 2. The Morgan fingerprint density at radius 2 is 1.76 bits per heavy atom. The van der Waals surface area contributed by atoms with Crippen molar-refractivity contribution in [3.8, 4) is 0 Å². The van der Waals surface area contributed by atoms with E-state index in [1.54, 1.807) is 9.80 Å². The third-order valence-corrected chi connectivity index (χ3v) is 7.33. The number of likely N-dealkylation sites (tertiary alicyclic amines) is 1. The largest absolute Gasteiger partial charge is 0.421 e. The molecule has 2 aromatic rings. The first-order chi connectivity index (χ1) is 17.6. The highest BCUT2D eigenvalue weighted by Crippen LogP contribution is 2.33. The van der Waals surface area contributed by atoms with Crippen LogP contribution >= 0.6 is 0 Å². The molecule has 2 amide bonds. The number of carbonyl (C=O) groups excluding carboxylic acids is 1. The average molecular weight is 520 g/mol. The minimum absolute atomic E-state index is 0.117. The van der Waals surface area contributed by atoms with Gasteiger partial charge in [-0.25, -0.2) is 9.78 Å². The number of rotatable bonds is 6. The highest BCUT2D eigenvalue weighted by Gasteiger charge is 2.37. The van der Waals surface area contributed by atoms with Crippen LogP contribution in [0.1, 0.15) is 44.2 Å². The van der Waals surface area contributed by atoms with Crippen molar-refractivity contribution in [3.05, 3.63) is 47.7 Å². The van der Waals surface area contributed by atoms with Crippen molar-refractivity contribution < 1.29 is 18.0 Å². The van der Waals surface area contributed by atoms with Gasteiger partial charge in [-0.2, -0.15) is 18.2 Å². The summed E-state index contributed by atoms with van der Waals surface area (Å²) in [6.45, 7) is 8.39. The van der Waals surface area contributed by atoms with Crippen LogP contribution in [-0.4, -0.2) is 70.6 Å². The Bertz CT molecular complexity index is 1030. The number of nitrogens with one attached hydrogen (secondary N) is 1. The Morgan fingerprint density at radius 1 is 1.11 bits per heavy atom. The number of piperazine rings is 1. The second-order valence-electron chi connectivity index (χ2n) is 10.2. The lowest BCUT2D eigenvalue weighted by atomic mass is 9.93. The molecule has 0 spiro atoms. The van der Waals surface area contributed by atoms with Gasteiger partial charge >= 0.3 is 12.2 Å². The van der Waals surface area contributed by atoms with E-state index < -0.39 is 17.6 Å². The van der Waals surface area contributed by atoms with Gasteiger partial charge in [-0.1, -0.05) is 30.3 Å². The fourth-order valence-corrected chi connectivity index (χ4v) is 5.39. The summed E-state index contributed by atoms with van der Waals surface area (Å²) < 4.78 is 38.9. The maximum Gasteiger partial charge on any atom is 0.421 e. The number of nitrogens with zero attached hydrogens (tertiary/aromatic N) is 5. The minimum Gasteiger partial charge on any atom is -0.383 e. The second kappa shape index (κ2) is 11.5. The Balaban J connectivity index is 1.22. The molecule has 0 saturated carbocycles. The number of hydrogen-bond donors (Lipinski definition) is 2. The molecule has 2 fully saturated rings. The molecule has 1 aromatic carbocycles. The van der Waals surface area contributed by atoms with Crippen molar-refractivity contribution >= 4 is 17.8 Å². The summed E-state index contributed by atoms with van der Waals surface area (Å²) >= 11 is 0. The van der Waals surface area contributed by atoms with Crippen LogP contribution in [-0.2, 0) is 12.7 Å². The monoisotopic (exact) mass is 519 g/mol. The molecule has 3 N–H and O–H groups in total. The fraction of sp³-hybridized carbons (Fsp3) is 0.577. The first-order valence-corrected chi connectivity index (χ1v) is 12.9. The van der Waals surface area contributed by atoms with Crippen LogP contribution in [0.4, 0.5) is 29.7 Å². The number of urea groups is 1. The van der Waals surface area contributed by atoms with Crippen LogP contribution in [0.3, 0.4) is 0 Å². The van der Waals surface area contributed by atoms with Crippen molar-refractivity contribution in [2.45, 2.75) is 57.9 Å². The van der Waals surface area contributed by atoms with Gasteiger partial charge in [0, 0.05) is 44.5 Å². The molecule has 2 atom stereocenters. The molecular formula is C26H36F3N7O. The molecule has 2 aliphatic rings. The molecule has 2 saturated heterocycles. The van der Waals surface area contributed by atoms with E-state index in [2.05, 4.69) is 44.5 Å². The Hall–Kier alpha value is -3.08. The van der Waals surface area contributed by atoms with Gasteiger partial charge in [0.1, 0.15) is 11.4 Å². The van der Waals surface area contributed by atoms with Gasteiger partial charge in [-0.05, 0) is 57.7 Å². The molecule has 202 valence electrons. The highest BCUT2D eigenvalue weighted by atomic mass is 19.4. The predicted octanol–water partition coefficient (Wildman–Crippen LogP) is 3.99. The van der Waals surface area contributed by atoms with E-state index in [0.717, 1.165) is 45.1 Å². The summed E-state index contributed by atoms with van der Waals surface area (Å²) in [4.78, 5) is 26.8. The SMILES string of the molecule is C[C@@H]1CN(c2ncc(C(F)(F)F)c(N)n2)C[C@@H](C)N1C(=O)NCCC1CCN(Cc2ccccc2)CC1. The van der Waals surface area contributed by atoms with Crippen LogP contribution in [0.5, 0.6) is 0 Å². The van der Waals surface area contributed by atoms with Crippen LogP contribution in [0.15, 0.2) is 36.5 Å². The predicted molar refractivity (Wildman–Crippen MR) is 137 cm³/mol. The third kappa shape index (κ3) is 6.82. The number of carbonyl (C=O) groups is 1. The second-order valence-corrected chi connectivity index (χ2v) is 10.2. The first-order valence-electron chi connectivity index (χ1n) is 12.9. The topological polar surface area (TPSA) is 90.6 Å². The van der Waals surface area contributed by atoms with Crippen LogP contribution < -0.4 is 16.0 Å². The zero-order chi connectivity index (χ0) is 26.6. The van der Waals surface area contributed by atoms with Crippen molar-refractivity contribution in [2.75, 3.05) is 43.4 Å². The first kappa shape index (κ1) is 27.0. The lowest BCUT2D eigenvalue weighted by Gasteiger charge is -2.44. The minimum atomic E-state index is -4.60. The summed E-state index contributed by atoms with van der Waals surface area (Å²) in [5.41, 5.74) is 5.84. The Kier molecular flexibility index (Phi) is 8.41. The molecule has 37 heavy (non-hydrogen) atoms. The molecular weight excluding hydrogens is 483 g/mol. The third-order valence-electron chi connectivity index (χ3n) is 7.33. The molecule has 0 unspecified atom stereocenters. The number of amides is 2. The number of benzene rings is 1. The zero-order valence-corrected chi connectivity index (χ0v) is 21.4. The lowest BCUT2D eigenvalue weighted by molar-refractivity contribution is -0.137. The number of nitrogen functional groups attached to an aromatic ring is 1. The standard InChI is InChI=1S/C26H36F3N7O/c1-18-15-35(24-32-14-22(23(30)33-24)26(27,28)29)16-19(2)36(18)25(37)31-11-8-20-9-12-34(13-10-20)17-21-6-4-3-5-7-21/h3-7,14,18-20H,8-13,15-17H2,1-2H3,(H,31,37)(H2,30,32,33)/t18-,19-/m1/s1. The lowest BCUT2D eigenvalue weighted by Crippen LogP contribution is -2.61. The molecule has 11 heteroatoms. The van der Waals surface area contributed by atoms with Crippen molar-refractivity contribution in [1.82, 2.24) is 25.1 Å². The number of aromatic nitrogens is 2. The summed E-state index contributed by atoms with van der Waals surface area (Å²) in [5.74, 6) is 0.146. The van der Waals surface area contributed by atoms with E-state index in [1.807, 2.05) is 19.9 Å². The molecule has 8 nitrogen and oxygen atoms in total. The number of alkyl halides is 3. The summed E-state index contributed by atoms with van der Waals surface area (Å²) in [7, 11) is 0. The van der Waals surface area contributed by atoms with Gasteiger partial charge in [-0.15, -0.1) is 0 Å². The number of nitrogens with two attached hydrogens (primary N) is 1. The van der Waals surface area contributed by atoms with Gasteiger partial charge in [-0.3, -0.25) is 4.90 Å². The van der Waals surface area contributed by atoms with Gasteiger partial charge in [0.05, 0.1) is 0 Å². The molecule has 0 aliphatic carbocycles. The van der Waals surface area contributed by atoms with E-state index >= 15 is 0 Å². The van der Waals surface area contributed by atoms with Gasteiger partial charge in [0.25, 0.3) is 0 Å². The number of halogens is 3. The zero-order valence-electron chi connectivity index (χ0n) is 21.4. The van der Waals surface area contributed by atoms with Crippen LogP contribution in [0, 0.1) is 5.92 Å². The van der Waals surface area contributed by atoms with Crippen molar-refractivity contribution in [1.29, 1.82) is 0 Å². The van der Waals surface area contributed by atoms with E-state index in [1.165, 1.54) is 5.56 Å². The van der Waals surface area contributed by atoms with Gasteiger partial charge < -0.3 is 20.9 Å². The number of piperidine rings is 1. The van der Waals surface area contributed by atoms with Crippen molar-refractivity contribution in [3.63, 3.8) is 0 Å². The van der Waals surface area contributed by atoms with E-state index in [9.17, 15) is 18.0 Å². The van der Waals surface area contributed by atoms with Crippen molar-refractivity contribution in [2.24, 2.45) is 5.92 Å². The maximum absolute atomic E-state index is 13.0. The molecule has 3 heterocycles. The average Bonchev–Trinajstić information content (AvgIpc) is 2.84. The normalized spacial score (nSPS) is 21.8. The summed E-state index contributed by atoms with van der Waals surface area (Å²) in [5, 5.41) is 3.08. The molecule has 4 rings (SSSR count). The van der Waals surface area contributed by atoms with Gasteiger partial charge in [0.15, 0.2) is 0 Å². The summed E-state index contributed by atoms with van der Waals surface area (Å²) in [6.07, 6.45) is -0.668. The summed E-state index contributed by atoms with van der Waals surface area (Å²) in [6, 6.07) is 10.1. The van der Waals surface area contributed by atoms with E-state index in [0.29, 0.717) is 25.6 Å². The molecule has 1 aromatic heterocycles. The number of hydrogen-bond acceptors (Lipinski definition) is 6. The Morgan fingerprint density at radius 3 is 2.35 bits per heavy atom. The van der Waals surface area contributed by atoms with Crippen LogP contribution in [0.2, 0.25) is 0 Å². The molecule has 0 bridgehead atoms. The molecule has 2 aliphatic heterocycles. The quantitative estimate of drug-likeness (QED) is 0.600. The highest BCUT2D eigenvalue weighted by molar-refractivity contribution is 5.75. The van der Waals surface area contributed by atoms with E-state index in [4.69, 9.17) is 5.73 Å². The fourth-order valence-electron chi connectivity index (χ4n) is 5.39. The maximum atomic E-state index is 13.0. The van der Waals surface area contributed by atoms with E-state index in [-0.39, 0.29) is 24.1 Å². The smallest absolute Gasteiger partial charge is 0.383 e. The van der Waals surface area contributed by atoms with Crippen LogP contribution in [0.25, 0.3) is 0 Å². The Labute approximate surface area is 216 Å². The molecule has 0 radical (unpaired) electrons. The van der Waals surface area contributed by atoms with Gasteiger partial charge in [0.2, 0.25) is 5.95 Å².